The number of nitro groups is 1. The number of ether oxygens (including phenoxy) is 1. The van der Waals surface area contributed by atoms with Crippen LogP contribution in [-0.2, 0) is 0 Å². The van der Waals surface area contributed by atoms with Crippen LogP contribution in [0.25, 0.3) is 0 Å². The molecule has 0 aliphatic heterocycles. The van der Waals surface area contributed by atoms with Gasteiger partial charge in [0.1, 0.15) is 6.07 Å². The molecule has 0 unspecified atom stereocenters. The first-order valence-corrected chi connectivity index (χ1v) is 6.63. The first-order chi connectivity index (χ1) is 9.51. The van der Waals surface area contributed by atoms with Crippen molar-refractivity contribution in [3.63, 3.8) is 0 Å². The maximum absolute atomic E-state index is 10.7. The molecule has 0 spiro atoms. The second kappa shape index (κ2) is 5.94. The second-order valence-electron chi connectivity index (χ2n) is 3.45. The van der Waals surface area contributed by atoms with E-state index in [1.54, 1.807) is 0 Å². The first kappa shape index (κ1) is 14.4. The van der Waals surface area contributed by atoms with Crippen molar-refractivity contribution < 1.29 is 9.66 Å². The van der Waals surface area contributed by atoms with Crippen LogP contribution in [0.3, 0.4) is 0 Å². The number of aromatic nitrogens is 2. The predicted molar refractivity (Wildman–Crippen MR) is 75.3 cm³/mol. The maximum atomic E-state index is 10.7. The van der Waals surface area contributed by atoms with Crippen molar-refractivity contribution in [2.75, 3.05) is 0 Å². The van der Waals surface area contributed by atoms with Gasteiger partial charge in [-0.25, -0.2) is 9.97 Å². The van der Waals surface area contributed by atoms with Gasteiger partial charge < -0.3 is 4.74 Å². The van der Waals surface area contributed by atoms with Gasteiger partial charge in [0.05, 0.1) is 26.3 Å². The molecule has 1 aromatic carbocycles. The molecule has 0 amide bonds. The van der Waals surface area contributed by atoms with Gasteiger partial charge in [-0.1, -0.05) is 0 Å². The van der Waals surface area contributed by atoms with Gasteiger partial charge in [-0.2, -0.15) is 5.26 Å². The highest BCUT2D eigenvalue weighted by Crippen LogP contribution is 2.39. The molecular formula is C11H4Br2N4O3. The number of nitriles is 1. The third-order valence-corrected chi connectivity index (χ3v) is 3.32. The van der Waals surface area contributed by atoms with E-state index in [1.165, 1.54) is 24.5 Å². The van der Waals surface area contributed by atoms with E-state index in [4.69, 9.17) is 10.00 Å². The number of benzene rings is 1. The van der Waals surface area contributed by atoms with Crippen LogP contribution in [0, 0.1) is 21.4 Å². The predicted octanol–water partition coefficient (Wildman–Crippen LogP) is 3.57. The molecule has 0 aliphatic rings. The lowest BCUT2D eigenvalue weighted by molar-refractivity contribution is -0.385. The van der Waals surface area contributed by atoms with Crippen LogP contribution in [0.4, 0.5) is 5.69 Å². The fraction of sp³-hybridized carbons (Fsp3) is 0. The van der Waals surface area contributed by atoms with Gasteiger partial charge >= 0.3 is 0 Å². The summed E-state index contributed by atoms with van der Waals surface area (Å²) in [6, 6.07) is 4.47. The Bertz CT molecular complexity index is 690. The summed E-state index contributed by atoms with van der Waals surface area (Å²) in [7, 11) is 0. The minimum atomic E-state index is -0.513. The summed E-state index contributed by atoms with van der Waals surface area (Å²) in [6.07, 6.45) is 2.56. The van der Waals surface area contributed by atoms with Gasteiger partial charge in [-0.15, -0.1) is 0 Å². The third-order valence-electron chi connectivity index (χ3n) is 2.14. The minimum absolute atomic E-state index is 0.0815. The Morgan fingerprint density at radius 2 is 1.90 bits per heavy atom. The Labute approximate surface area is 129 Å². The van der Waals surface area contributed by atoms with Gasteiger partial charge in [0.25, 0.3) is 5.69 Å². The number of non-ortho nitro benzene ring substituents is 1. The number of rotatable bonds is 3. The normalized spacial score (nSPS) is 9.85. The quantitative estimate of drug-likeness (QED) is 0.577. The van der Waals surface area contributed by atoms with Crippen LogP contribution in [-0.4, -0.2) is 14.9 Å². The summed E-state index contributed by atoms with van der Waals surface area (Å²) in [6.45, 7) is 0. The Hall–Kier alpha value is -2.05. The molecule has 0 atom stereocenters. The Balaban J connectivity index is 2.33. The molecule has 0 fully saturated rings. The first-order valence-electron chi connectivity index (χ1n) is 5.04. The number of nitrogens with zero attached hydrogens (tertiary/aromatic N) is 4. The molecule has 0 saturated heterocycles. The van der Waals surface area contributed by atoms with Gasteiger partial charge in [0, 0.05) is 12.1 Å². The molecule has 9 heteroatoms. The smallest absolute Gasteiger partial charge is 0.271 e. The van der Waals surface area contributed by atoms with Crippen LogP contribution in [0.2, 0.25) is 0 Å². The number of nitro benzene ring substituents is 1. The van der Waals surface area contributed by atoms with Crippen LogP contribution >= 0.6 is 31.9 Å². The number of hydrogen-bond acceptors (Lipinski definition) is 6. The van der Waals surface area contributed by atoms with Crippen molar-refractivity contribution in [3.05, 3.63) is 49.3 Å². The SMILES string of the molecule is N#Cc1cnc(Oc2c(Br)cc([N+](=O)[O-])cc2Br)cn1. The van der Waals surface area contributed by atoms with Crippen LogP contribution in [0.5, 0.6) is 11.6 Å². The molecule has 1 aromatic heterocycles. The van der Waals surface area contributed by atoms with Gasteiger partial charge in [-0.05, 0) is 31.9 Å². The monoisotopic (exact) mass is 398 g/mol. The van der Waals surface area contributed by atoms with E-state index in [0.717, 1.165) is 0 Å². The largest absolute Gasteiger partial charge is 0.435 e. The molecule has 0 bridgehead atoms. The van der Waals surface area contributed by atoms with E-state index >= 15 is 0 Å². The third kappa shape index (κ3) is 3.09. The number of hydrogen-bond donors (Lipinski definition) is 0. The molecule has 2 aromatic rings. The van der Waals surface area contributed by atoms with Crippen molar-refractivity contribution in [2.45, 2.75) is 0 Å². The van der Waals surface area contributed by atoms with Crippen molar-refractivity contribution >= 4 is 37.5 Å². The summed E-state index contributed by atoms with van der Waals surface area (Å²) in [4.78, 5) is 17.9. The lowest BCUT2D eigenvalue weighted by Gasteiger charge is -2.08. The van der Waals surface area contributed by atoms with Crippen LogP contribution in [0.15, 0.2) is 33.5 Å². The lowest BCUT2D eigenvalue weighted by Crippen LogP contribution is -1.94. The molecule has 100 valence electrons. The molecule has 7 nitrogen and oxygen atoms in total. The van der Waals surface area contributed by atoms with Gasteiger partial charge in [0.15, 0.2) is 11.4 Å². The van der Waals surface area contributed by atoms with Gasteiger partial charge in [-0.3, -0.25) is 10.1 Å². The molecule has 20 heavy (non-hydrogen) atoms. The molecule has 2 rings (SSSR count). The summed E-state index contributed by atoms with van der Waals surface area (Å²) < 4.78 is 6.26. The van der Waals surface area contributed by atoms with E-state index in [-0.39, 0.29) is 17.3 Å². The Kier molecular flexibility index (Phi) is 4.26. The molecule has 1 heterocycles. The zero-order chi connectivity index (χ0) is 14.7. The van der Waals surface area contributed by atoms with E-state index in [0.29, 0.717) is 14.7 Å². The topological polar surface area (TPSA) is 102 Å². The average molecular weight is 400 g/mol. The second-order valence-corrected chi connectivity index (χ2v) is 5.16. The number of halogens is 2. The fourth-order valence-corrected chi connectivity index (χ4v) is 2.60. The van der Waals surface area contributed by atoms with E-state index in [1.807, 2.05) is 6.07 Å². The fourth-order valence-electron chi connectivity index (χ4n) is 1.28. The minimum Gasteiger partial charge on any atom is -0.435 e. The standard InChI is InChI=1S/C11H4Br2N4O3/c12-8-1-7(17(18)19)2-9(13)11(8)20-10-5-15-6(3-14)4-16-10/h1-2,4-5H. The lowest BCUT2D eigenvalue weighted by atomic mass is 10.3. The average Bonchev–Trinajstić information content (AvgIpc) is 2.43. The summed E-state index contributed by atoms with van der Waals surface area (Å²) >= 11 is 6.38. The van der Waals surface area contributed by atoms with Crippen molar-refractivity contribution in [1.29, 1.82) is 5.26 Å². The molecule has 0 aliphatic carbocycles. The van der Waals surface area contributed by atoms with Crippen molar-refractivity contribution in [2.24, 2.45) is 0 Å². The molecule has 0 saturated carbocycles. The molecular weight excluding hydrogens is 396 g/mol. The summed E-state index contributed by atoms with van der Waals surface area (Å²) in [5.74, 6) is 0.494. The highest BCUT2D eigenvalue weighted by molar-refractivity contribution is 9.11. The van der Waals surface area contributed by atoms with Crippen LogP contribution in [0.1, 0.15) is 5.69 Å². The van der Waals surface area contributed by atoms with E-state index < -0.39 is 4.92 Å². The molecule has 0 radical (unpaired) electrons. The van der Waals surface area contributed by atoms with Crippen LogP contribution < -0.4 is 4.74 Å². The highest BCUT2D eigenvalue weighted by Gasteiger charge is 2.16. The zero-order valence-corrected chi connectivity index (χ0v) is 12.8. The molecule has 0 N–H and O–H groups in total. The Morgan fingerprint density at radius 1 is 1.25 bits per heavy atom. The maximum Gasteiger partial charge on any atom is 0.271 e. The highest BCUT2D eigenvalue weighted by atomic mass is 79.9. The van der Waals surface area contributed by atoms with E-state index in [2.05, 4.69) is 41.8 Å². The Morgan fingerprint density at radius 3 is 2.35 bits per heavy atom. The van der Waals surface area contributed by atoms with E-state index in [9.17, 15) is 10.1 Å². The van der Waals surface area contributed by atoms with Crippen molar-refractivity contribution in [3.8, 4) is 17.7 Å². The zero-order valence-electron chi connectivity index (χ0n) is 9.58. The summed E-state index contributed by atoms with van der Waals surface area (Å²) in [5.41, 5.74) is 0.0844. The van der Waals surface area contributed by atoms with Gasteiger partial charge in [0.2, 0.25) is 5.88 Å². The summed E-state index contributed by atoms with van der Waals surface area (Å²) in [5, 5.41) is 19.3. The van der Waals surface area contributed by atoms with Crippen molar-refractivity contribution in [1.82, 2.24) is 9.97 Å².